The predicted octanol–water partition coefficient (Wildman–Crippen LogP) is 2.89. The van der Waals surface area contributed by atoms with Gasteiger partial charge in [-0.3, -0.25) is 9.52 Å². The van der Waals surface area contributed by atoms with Crippen LogP contribution in [-0.2, 0) is 14.8 Å². The molecule has 0 heterocycles. The van der Waals surface area contributed by atoms with Gasteiger partial charge in [-0.1, -0.05) is 6.07 Å². The van der Waals surface area contributed by atoms with Gasteiger partial charge in [0, 0.05) is 18.3 Å². The minimum Gasteiger partial charge on any atom is -0.326 e. The van der Waals surface area contributed by atoms with Crippen LogP contribution in [0.15, 0.2) is 47.4 Å². The number of aryl methyl sites for hydroxylation is 1. The van der Waals surface area contributed by atoms with Gasteiger partial charge in [0.05, 0.1) is 4.90 Å². The van der Waals surface area contributed by atoms with Crippen molar-refractivity contribution in [1.82, 2.24) is 0 Å². The van der Waals surface area contributed by atoms with Gasteiger partial charge >= 0.3 is 0 Å². The van der Waals surface area contributed by atoms with Gasteiger partial charge in [0.1, 0.15) is 5.82 Å². The zero-order valence-electron chi connectivity index (χ0n) is 12.1. The monoisotopic (exact) mass is 322 g/mol. The second kappa shape index (κ2) is 6.15. The largest absolute Gasteiger partial charge is 0.326 e. The Balaban J connectivity index is 2.35. The van der Waals surface area contributed by atoms with Crippen molar-refractivity contribution in [2.45, 2.75) is 18.7 Å². The molecule has 2 aromatic rings. The fourth-order valence-electron chi connectivity index (χ4n) is 1.90. The Bertz CT molecular complexity index is 802. The minimum absolute atomic E-state index is 0.0445. The summed E-state index contributed by atoms with van der Waals surface area (Å²) in [6, 6.07) is 9.59. The smallest absolute Gasteiger partial charge is 0.262 e. The summed E-state index contributed by atoms with van der Waals surface area (Å²) in [5, 5.41) is 2.54. The zero-order chi connectivity index (χ0) is 16.3. The minimum atomic E-state index is -3.84. The molecule has 5 nitrogen and oxygen atoms in total. The average molecular weight is 322 g/mol. The third-order valence-electron chi connectivity index (χ3n) is 2.89. The molecule has 22 heavy (non-hydrogen) atoms. The fourth-order valence-corrected chi connectivity index (χ4v) is 3.23. The summed E-state index contributed by atoms with van der Waals surface area (Å²) < 4.78 is 40.1. The Morgan fingerprint density at radius 2 is 1.64 bits per heavy atom. The van der Waals surface area contributed by atoms with Crippen molar-refractivity contribution < 1.29 is 17.6 Å². The summed E-state index contributed by atoms with van der Waals surface area (Å²) >= 11 is 0. The van der Waals surface area contributed by atoms with Gasteiger partial charge in [-0.15, -0.1) is 0 Å². The van der Waals surface area contributed by atoms with E-state index < -0.39 is 15.8 Å². The first kappa shape index (κ1) is 16.0. The predicted molar refractivity (Wildman–Crippen MR) is 82.7 cm³/mol. The van der Waals surface area contributed by atoms with Crippen molar-refractivity contribution in [3.05, 3.63) is 53.8 Å². The van der Waals surface area contributed by atoms with Crippen LogP contribution >= 0.6 is 0 Å². The molecule has 1 amide bonds. The highest BCUT2D eigenvalue weighted by Gasteiger charge is 2.18. The molecule has 0 spiro atoms. The van der Waals surface area contributed by atoms with Crippen molar-refractivity contribution in [3.63, 3.8) is 0 Å². The van der Waals surface area contributed by atoms with E-state index in [1.165, 1.54) is 37.3 Å². The molecule has 0 saturated carbocycles. The molecule has 7 heteroatoms. The summed E-state index contributed by atoms with van der Waals surface area (Å²) in [6.45, 7) is 2.99. The van der Waals surface area contributed by atoms with Crippen LogP contribution in [0.1, 0.15) is 12.5 Å². The molecule has 0 radical (unpaired) electrons. The first-order valence-corrected chi connectivity index (χ1v) is 7.93. The molecule has 2 aromatic carbocycles. The Hall–Kier alpha value is -2.41. The first-order valence-electron chi connectivity index (χ1n) is 6.44. The van der Waals surface area contributed by atoms with Crippen molar-refractivity contribution in [1.29, 1.82) is 0 Å². The highest BCUT2D eigenvalue weighted by molar-refractivity contribution is 7.92. The summed E-state index contributed by atoms with van der Waals surface area (Å²) in [6.07, 6.45) is 0. The van der Waals surface area contributed by atoms with Crippen LogP contribution in [-0.4, -0.2) is 14.3 Å². The van der Waals surface area contributed by atoms with Gasteiger partial charge in [-0.05, 0) is 48.9 Å². The first-order chi connectivity index (χ1) is 10.3. The van der Waals surface area contributed by atoms with Crippen molar-refractivity contribution >= 4 is 27.3 Å². The molecule has 0 atom stereocenters. The summed E-state index contributed by atoms with van der Waals surface area (Å²) in [5.41, 5.74) is 1.17. The molecule has 0 aliphatic rings. The van der Waals surface area contributed by atoms with Gasteiger partial charge < -0.3 is 5.32 Å². The summed E-state index contributed by atoms with van der Waals surface area (Å²) in [5.74, 6) is -0.745. The van der Waals surface area contributed by atoms with Crippen LogP contribution in [0.2, 0.25) is 0 Å². The quantitative estimate of drug-likeness (QED) is 0.909. The van der Waals surface area contributed by atoms with Crippen LogP contribution in [0.3, 0.4) is 0 Å². The van der Waals surface area contributed by atoms with E-state index in [0.29, 0.717) is 11.3 Å². The molecular weight excluding hydrogens is 307 g/mol. The van der Waals surface area contributed by atoms with Crippen LogP contribution < -0.4 is 10.0 Å². The van der Waals surface area contributed by atoms with Crippen LogP contribution in [0.25, 0.3) is 0 Å². The third-order valence-corrected chi connectivity index (χ3v) is 4.42. The van der Waals surface area contributed by atoms with Crippen LogP contribution in [0.4, 0.5) is 15.8 Å². The van der Waals surface area contributed by atoms with Gasteiger partial charge in [-0.25, -0.2) is 12.8 Å². The van der Waals surface area contributed by atoms with E-state index in [4.69, 9.17) is 0 Å². The summed E-state index contributed by atoms with van der Waals surface area (Å²) in [4.78, 5) is 11.1. The number of carbonyl (C=O) groups is 1. The maximum Gasteiger partial charge on any atom is 0.262 e. The maximum absolute atomic E-state index is 12.9. The van der Waals surface area contributed by atoms with Crippen molar-refractivity contribution in [3.8, 4) is 0 Å². The third kappa shape index (κ3) is 3.82. The highest BCUT2D eigenvalue weighted by Crippen LogP contribution is 2.23. The van der Waals surface area contributed by atoms with Crippen molar-refractivity contribution in [2.75, 3.05) is 10.0 Å². The number of amides is 1. The lowest BCUT2D eigenvalue weighted by Crippen LogP contribution is -2.15. The van der Waals surface area contributed by atoms with E-state index in [1.807, 2.05) is 0 Å². The van der Waals surface area contributed by atoms with E-state index in [2.05, 4.69) is 10.0 Å². The van der Waals surface area contributed by atoms with Crippen LogP contribution in [0, 0.1) is 12.7 Å². The number of carbonyl (C=O) groups excluding carboxylic acids is 1. The molecule has 0 aliphatic heterocycles. The van der Waals surface area contributed by atoms with Crippen LogP contribution in [0.5, 0.6) is 0 Å². The lowest BCUT2D eigenvalue weighted by Gasteiger charge is -2.12. The number of benzene rings is 2. The molecule has 0 fully saturated rings. The Morgan fingerprint density at radius 3 is 2.23 bits per heavy atom. The number of anilines is 2. The van der Waals surface area contributed by atoms with Gasteiger partial charge in [0.25, 0.3) is 10.0 Å². The number of rotatable bonds is 4. The number of hydrogen-bond acceptors (Lipinski definition) is 3. The molecular formula is C15H15FN2O3S. The lowest BCUT2D eigenvalue weighted by molar-refractivity contribution is -0.114. The van der Waals surface area contributed by atoms with Gasteiger partial charge in [0.15, 0.2) is 0 Å². The topological polar surface area (TPSA) is 75.3 Å². The van der Waals surface area contributed by atoms with E-state index in [1.54, 1.807) is 19.1 Å². The second-order valence-corrected chi connectivity index (χ2v) is 6.42. The molecule has 0 saturated heterocycles. The van der Waals surface area contributed by atoms with E-state index >= 15 is 0 Å². The average Bonchev–Trinajstić information content (AvgIpc) is 2.42. The normalized spacial score (nSPS) is 11.0. The van der Waals surface area contributed by atoms with E-state index in [0.717, 1.165) is 0 Å². The highest BCUT2D eigenvalue weighted by atomic mass is 32.2. The number of sulfonamides is 1. The molecule has 0 unspecified atom stereocenters. The molecule has 116 valence electrons. The second-order valence-electron chi connectivity index (χ2n) is 4.77. The van der Waals surface area contributed by atoms with Gasteiger partial charge in [-0.2, -0.15) is 0 Å². The molecule has 2 rings (SSSR count). The molecule has 0 bridgehead atoms. The number of nitrogens with one attached hydrogen (secondary N) is 2. The van der Waals surface area contributed by atoms with Gasteiger partial charge in [0.2, 0.25) is 5.91 Å². The molecule has 0 aromatic heterocycles. The fraction of sp³-hybridized carbons (Fsp3) is 0.133. The number of hydrogen-bond donors (Lipinski definition) is 2. The Kier molecular flexibility index (Phi) is 4.46. The summed E-state index contributed by atoms with van der Waals surface area (Å²) in [7, 11) is -3.84. The zero-order valence-corrected chi connectivity index (χ0v) is 12.9. The van der Waals surface area contributed by atoms with E-state index in [-0.39, 0.29) is 16.5 Å². The number of halogens is 1. The lowest BCUT2D eigenvalue weighted by atomic mass is 10.2. The molecule has 2 N–H and O–H groups in total. The van der Waals surface area contributed by atoms with E-state index in [9.17, 15) is 17.6 Å². The maximum atomic E-state index is 12.9. The Morgan fingerprint density at radius 1 is 1.05 bits per heavy atom. The molecule has 0 aliphatic carbocycles. The van der Waals surface area contributed by atoms with Crippen molar-refractivity contribution in [2.24, 2.45) is 0 Å². The Labute approximate surface area is 128 Å². The standard InChI is InChI=1S/C15H15FN2O3S/c1-10-3-6-14(17-11(2)19)9-15(10)22(20,21)18-13-7-4-12(16)5-8-13/h3-9,18H,1-2H3,(H,17,19). The SMILES string of the molecule is CC(=O)Nc1ccc(C)c(S(=O)(=O)Nc2ccc(F)cc2)c1.